The molecule has 1 N–H and O–H groups in total. The molecule has 3 aromatic rings. The number of hydrogen-bond acceptors (Lipinski definition) is 5. The van der Waals surface area contributed by atoms with Crippen LogP contribution < -0.4 is 15.0 Å². The summed E-state index contributed by atoms with van der Waals surface area (Å²) in [6.07, 6.45) is 0.0140. The van der Waals surface area contributed by atoms with E-state index in [0.29, 0.717) is 22.4 Å². The van der Waals surface area contributed by atoms with Gasteiger partial charge in [-0.05, 0) is 61.7 Å². The lowest BCUT2D eigenvalue weighted by Crippen LogP contribution is -2.33. The first-order valence-corrected chi connectivity index (χ1v) is 10.4. The van der Waals surface area contributed by atoms with Crippen molar-refractivity contribution in [3.8, 4) is 5.75 Å². The molecular formula is C23H18F2N2O3S. The van der Waals surface area contributed by atoms with Crippen LogP contribution in [-0.4, -0.2) is 17.9 Å². The van der Waals surface area contributed by atoms with Crippen molar-refractivity contribution in [1.29, 1.82) is 0 Å². The highest BCUT2D eigenvalue weighted by molar-refractivity contribution is 7.11. The van der Waals surface area contributed by atoms with E-state index in [-0.39, 0.29) is 23.1 Å². The Morgan fingerprint density at radius 3 is 2.35 bits per heavy atom. The third kappa shape index (κ3) is 4.06. The number of carbonyl (C=O) groups is 2. The van der Waals surface area contributed by atoms with E-state index in [1.165, 1.54) is 11.3 Å². The molecule has 31 heavy (non-hydrogen) atoms. The molecule has 0 atom stereocenters. The lowest BCUT2D eigenvalue weighted by molar-refractivity contribution is -0.120. The average Bonchev–Trinajstić information content (AvgIpc) is 3.31. The van der Waals surface area contributed by atoms with E-state index in [1.54, 1.807) is 41.8 Å². The maximum Gasteiger partial charge on any atom is 0.282 e. The van der Waals surface area contributed by atoms with Crippen molar-refractivity contribution in [3.63, 3.8) is 0 Å². The fourth-order valence-electron chi connectivity index (χ4n) is 3.21. The van der Waals surface area contributed by atoms with Crippen LogP contribution in [0.5, 0.6) is 5.75 Å². The van der Waals surface area contributed by atoms with E-state index in [2.05, 4.69) is 5.32 Å². The molecular weight excluding hydrogens is 422 g/mol. The standard InChI is InChI=1S/C23H18F2N2O3S/c1-13(2)30-16-8-6-15(7-9-16)26-21-20(19-4-3-11-31-19)22(28)27(23(21)29)18-10-5-14(24)12-17(18)25/h3-13,26H,1-2H3. The number of nitrogens with zero attached hydrogens (tertiary/aromatic N) is 1. The molecule has 4 rings (SSSR count). The molecule has 0 saturated heterocycles. The second-order valence-electron chi connectivity index (χ2n) is 7.08. The first kappa shape index (κ1) is 20.7. The van der Waals surface area contributed by atoms with Gasteiger partial charge in [-0.25, -0.2) is 13.7 Å². The van der Waals surface area contributed by atoms with Crippen molar-refractivity contribution in [2.45, 2.75) is 20.0 Å². The number of amides is 2. The van der Waals surface area contributed by atoms with E-state index in [4.69, 9.17) is 4.74 Å². The monoisotopic (exact) mass is 440 g/mol. The van der Waals surface area contributed by atoms with Crippen molar-refractivity contribution in [2.75, 3.05) is 10.2 Å². The van der Waals surface area contributed by atoms with Gasteiger partial charge in [-0.2, -0.15) is 0 Å². The first-order chi connectivity index (χ1) is 14.8. The fraction of sp³-hybridized carbons (Fsp3) is 0.130. The van der Waals surface area contributed by atoms with E-state index in [0.717, 1.165) is 17.0 Å². The van der Waals surface area contributed by atoms with Gasteiger partial charge in [0.2, 0.25) is 0 Å². The molecule has 1 aromatic heterocycles. The minimum atomic E-state index is -0.997. The Morgan fingerprint density at radius 1 is 1.00 bits per heavy atom. The molecule has 2 heterocycles. The minimum absolute atomic E-state index is 0.0140. The maximum absolute atomic E-state index is 14.4. The third-order valence-corrected chi connectivity index (χ3v) is 5.38. The highest BCUT2D eigenvalue weighted by Crippen LogP contribution is 2.36. The summed E-state index contributed by atoms with van der Waals surface area (Å²) in [5.41, 5.74) is 0.408. The molecule has 1 aliphatic rings. The highest BCUT2D eigenvalue weighted by atomic mass is 32.1. The summed E-state index contributed by atoms with van der Waals surface area (Å²) in [7, 11) is 0. The van der Waals surface area contributed by atoms with Gasteiger partial charge >= 0.3 is 0 Å². The van der Waals surface area contributed by atoms with Gasteiger partial charge in [0, 0.05) is 16.6 Å². The van der Waals surface area contributed by atoms with Gasteiger partial charge in [0.1, 0.15) is 23.1 Å². The lowest BCUT2D eigenvalue weighted by atomic mass is 10.2. The largest absolute Gasteiger partial charge is 0.491 e. The maximum atomic E-state index is 14.4. The molecule has 8 heteroatoms. The molecule has 0 spiro atoms. The minimum Gasteiger partial charge on any atom is -0.491 e. The molecule has 0 aliphatic carbocycles. The van der Waals surface area contributed by atoms with E-state index in [9.17, 15) is 18.4 Å². The molecule has 0 unspecified atom stereocenters. The molecule has 0 fully saturated rings. The number of imide groups is 1. The Morgan fingerprint density at radius 2 is 1.74 bits per heavy atom. The third-order valence-electron chi connectivity index (χ3n) is 4.50. The lowest BCUT2D eigenvalue weighted by Gasteiger charge is -2.16. The number of benzene rings is 2. The Hall–Kier alpha value is -3.52. The Labute approximate surface area is 181 Å². The number of nitrogens with one attached hydrogen (secondary N) is 1. The van der Waals surface area contributed by atoms with Crippen molar-refractivity contribution in [2.24, 2.45) is 0 Å². The van der Waals surface area contributed by atoms with E-state index < -0.39 is 23.4 Å². The van der Waals surface area contributed by atoms with Gasteiger partial charge in [-0.15, -0.1) is 11.3 Å². The van der Waals surface area contributed by atoms with Gasteiger partial charge in [-0.3, -0.25) is 9.59 Å². The molecule has 0 saturated carbocycles. The number of ether oxygens (including phenoxy) is 1. The van der Waals surface area contributed by atoms with Crippen LogP contribution in [0.1, 0.15) is 18.7 Å². The molecule has 5 nitrogen and oxygen atoms in total. The second kappa shape index (κ2) is 8.31. The van der Waals surface area contributed by atoms with E-state index >= 15 is 0 Å². The Kier molecular flexibility index (Phi) is 5.56. The summed E-state index contributed by atoms with van der Waals surface area (Å²) < 4.78 is 33.3. The van der Waals surface area contributed by atoms with Crippen LogP contribution in [0.25, 0.3) is 5.57 Å². The van der Waals surface area contributed by atoms with Crippen LogP contribution in [0, 0.1) is 11.6 Å². The number of hydrogen-bond donors (Lipinski definition) is 1. The summed E-state index contributed by atoms with van der Waals surface area (Å²) >= 11 is 1.28. The van der Waals surface area contributed by atoms with Crippen LogP contribution >= 0.6 is 11.3 Å². The van der Waals surface area contributed by atoms with Crippen molar-refractivity contribution in [1.82, 2.24) is 0 Å². The van der Waals surface area contributed by atoms with Gasteiger partial charge < -0.3 is 10.1 Å². The Bertz CT molecular complexity index is 1170. The number of anilines is 2. The summed E-state index contributed by atoms with van der Waals surface area (Å²) in [5.74, 6) is -2.53. The molecule has 0 bridgehead atoms. The summed E-state index contributed by atoms with van der Waals surface area (Å²) in [5, 5.41) is 4.77. The molecule has 2 amide bonds. The highest BCUT2D eigenvalue weighted by Gasteiger charge is 2.41. The van der Waals surface area contributed by atoms with Gasteiger partial charge in [0.25, 0.3) is 11.8 Å². The second-order valence-corrected chi connectivity index (χ2v) is 8.03. The Balaban J connectivity index is 1.72. The fourth-order valence-corrected chi connectivity index (χ4v) is 3.98. The zero-order valence-corrected chi connectivity index (χ0v) is 17.5. The number of carbonyl (C=O) groups excluding carboxylic acids is 2. The first-order valence-electron chi connectivity index (χ1n) is 9.51. The SMILES string of the molecule is CC(C)Oc1ccc(NC2=C(c3cccs3)C(=O)N(c3ccc(F)cc3F)C2=O)cc1. The van der Waals surface area contributed by atoms with Crippen LogP contribution in [-0.2, 0) is 9.59 Å². The summed E-state index contributed by atoms with van der Waals surface area (Å²) in [4.78, 5) is 27.6. The summed E-state index contributed by atoms with van der Waals surface area (Å²) in [6, 6.07) is 13.1. The zero-order chi connectivity index (χ0) is 22.1. The van der Waals surface area contributed by atoms with Crippen molar-refractivity contribution >= 4 is 40.1 Å². The number of thiophene rings is 1. The van der Waals surface area contributed by atoms with Crippen LogP contribution in [0.2, 0.25) is 0 Å². The molecule has 0 radical (unpaired) electrons. The average molecular weight is 440 g/mol. The van der Waals surface area contributed by atoms with Crippen molar-refractivity contribution < 1.29 is 23.1 Å². The quantitative estimate of drug-likeness (QED) is 0.535. The van der Waals surface area contributed by atoms with Gasteiger partial charge in [-0.1, -0.05) is 6.07 Å². The van der Waals surface area contributed by atoms with E-state index in [1.807, 2.05) is 13.8 Å². The van der Waals surface area contributed by atoms with Crippen LogP contribution in [0.4, 0.5) is 20.2 Å². The topological polar surface area (TPSA) is 58.6 Å². The number of halogens is 2. The predicted octanol–water partition coefficient (Wildman–Crippen LogP) is 5.21. The van der Waals surface area contributed by atoms with Crippen LogP contribution in [0.3, 0.4) is 0 Å². The number of rotatable bonds is 6. The zero-order valence-electron chi connectivity index (χ0n) is 16.7. The summed E-state index contributed by atoms with van der Waals surface area (Å²) in [6.45, 7) is 3.83. The molecule has 1 aliphatic heterocycles. The van der Waals surface area contributed by atoms with Gasteiger partial charge in [0.05, 0.1) is 17.4 Å². The predicted molar refractivity (Wildman–Crippen MR) is 116 cm³/mol. The van der Waals surface area contributed by atoms with Gasteiger partial charge in [0.15, 0.2) is 0 Å². The van der Waals surface area contributed by atoms with Crippen molar-refractivity contribution in [3.05, 3.63) is 82.2 Å². The van der Waals surface area contributed by atoms with Crippen LogP contribution in [0.15, 0.2) is 65.7 Å². The normalized spacial score (nSPS) is 14.0. The molecule has 2 aromatic carbocycles. The smallest absolute Gasteiger partial charge is 0.282 e. The molecule has 158 valence electrons.